The number of rotatable bonds is 3. The first-order chi connectivity index (χ1) is 5.74. The number of hydrogen-bond acceptors (Lipinski definition) is 3. The van der Waals surface area contributed by atoms with Gasteiger partial charge < -0.3 is 5.32 Å². The van der Waals surface area contributed by atoms with E-state index in [2.05, 4.69) is 15.5 Å². The summed E-state index contributed by atoms with van der Waals surface area (Å²) in [7, 11) is 1.88. The number of nitrogens with one attached hydrogen (secondary N) is 1. The van der Waals surface area contributed by atoms with E-state index in [-0.39, 0.29) is 0 Å². The van der Waals surface area contributed by atoms with Gasteiger partial charge in [0.25, 0.3) is 0 Å². The number of aromatic nitrogens is 2. The van der Waals surface area contributed by atoms with Crippen molar-refractivity contribution in [3.8, 4) is 0 Å². The van der Waals surface area contributed by atoms with Crippen LogP contribution in [0.2, 0.25) is 10.3 Å². The Morgan fingerprint density at radius 3 is 2.83 bits per heavy atom. The van der Waals surface area contributed by atoms with Crippen molar-refractivity contribution >= 4 is 23.2 Å². The van der Waals surface area contributed by atoms with Crippen molar-refractivity contribution < 1.29 is 0 Å². The van der Waals surface area contributed by atoms with Gasteiger partial charge in [-0.1, -0.05) is 23.2 Å². The molecule has 0 aromatic carbocycles. The van der Waals surface area contributed by atoms with Crippen LogP contribution in [-0.2, 0) is 6.42 Å². The van der Waals surface area contributed by atoms with E-state index in [9.17, 15) is 0 Å². The molecule has 0 radical (unpaired) electrons. The van der Waals surface area contributed by atoms with Gasteiger partial charge in [0, 0.05) is 0 Å². The molecular weight excluding hydrogens is 197 g/mol. The van der Waals surface area contributed by atoms with Gasteiger partial charge in [-0.2, -0.15) is 0 Å². The fourth-order valence-electron chi connectivity index (χ4n) is 0.823. The Balaban J connectivity index is 2.75. The van der Waals surface area contributed by atoms with Crippen molar-refractivity contribution in [1.29, 1.82) is 0 Å². The molecule has 0 amide bonds. The van der Waals surface area contributed by atoms with Crippen molar-refractivity contribution in [2.24, 2.45) is 0 Å². The maximum absolute atomic E-state index is 5.77. The van der Waals surface area contributed by atoms with Gasteiger partial charge in [-0.25, -0.2) is 0 Å². The molecule has 0 spiro atoms. The molecule has 1 N–H and O–H groups in total. The summed E-state index contributed by atoms with van der Waals surface area (Å²) >= 11 is 11.4. The van der Waals surface area contributed by atoms with Crippen molar-refractivity contribution in [1.82, 2.24) is 15.5 Å². The van der Waals surface area contributed by atoms with Gasteiger partial charge in [0.1, 0.15) is 0 Å². The van der Waals surface area contributed by atoms with E-state index in [0.717, 1.165) is 18.5 Å². The molecule has 0 aliphatic carbocycles. The van der Waals surface area contributed by atoms with Gasteiger partial charge in [0.15, 0.2) is 10.3 Å². The zero-order chi connectivity index (χ0) is 8.97. The number of nitrogens with zero attached hydrogens (tertiary/aromatic N) is 2. The van der Waals surface area contributed by atoms with E-state index < -0.39 is 0 Å². The van der Waals surface area contributed by atoms with Crippen LogP contribution in [0.1, 0.15) is 5.56 Å². The molecule has 0 atom stereocenters. The molecule has 12 heavy (non-hydrogen) atoms. The molecule has 0 saturated heterocycles. The second kappa shape index (κ2) is 4.60. The standard InChI is InChI=1S/C7H9Cl2N3/c1-10-3-2-5-4-6(8)11-12-7(5)9/h4,10H,2-3H2,1H3. The lowest BCUT2D eigenvalue weighted by molar-refractivity contribution is 0.785. The average molecular weight is 206 g/mol. The van der Waals surface area contributed by atoms with E-state index in [4.69, 9.17) is 23.2 Å². The smallest absolute Gasteiger partial charge is 0.155 e. The molecule has 3 nitrogen and oxygen atoms in total. The van der Waals surface area contributed by atoms with Crippen molar-refractivity contribution in [2.45, 2.75) is 6.42 Å². The predicted octanol–water partition coefficient (Wildman–Crippen LogP) is 1.55. The molecule has 5 heteroatoms. The highest BCUT2D eigenvalue weighted by molar-refractivity contribution is 6.31. The van der Waals surface area contributed by atoms with Crippen LogP contribution in [0, 0.1) is 0 Å². The predicted molar refractivity (Wildman–Crippen MR) is 49.7 cm³/mol. The fraction of sp³-hybridized carbons (Fsp3) is 0.429. The van der Waals surface area contributed by atoms with Gasteiger partial charge >= 0.3 is 0 Å². The third kappa shape index (κ3) is 2.59. The summed E-state index contributed by atoms with van der Waals surface area (Å²) in [5, 5.41) is 11.1. The Kier molecular flexibility index (Phi) is 3.72. The van der Waals surface area contributed by atoms with Crippen molar-refractivity contribution in [3.05, 3.63) is 21.9 Å². The zero-order valence-corrected chi connectivity index (χ0v) is 8.15. The van der Waals surface area contributed by atoms with E-state index in [0.29, 0.717) is 10.3 Å². The SMILES string of the molecule is CNCCc1cc(Cl)nnc1Cl. The zero-order valence-electron chi connectivity index (χ0n) is 6.64. The molecule has 0 bridgehead atoms. The lowest BCUT2D eigenvalue weighted by atomic mass is 10.2. The summed E-state index contributed by atoms with van der Waals surface area (Å²) in [6, 6.07) is 1.73. The van der Waals surface area contributed by atoms with Gasteiger partial charge in [-0.05, 0) is 31.6 Å². The third-order valence-corrected chi connectivity index (χ3v) is 1.94. The Labute approximate surface area is 81.1 Å². The van der Waals surface area contributed by atoms with E-state index in [1.165, 1.54) is 0 Å². The topological polar surface area (TPSA) is 37.8 Å². The monoisotopic (exact) mass is 205 g/mol. The molecule has 1 rings (SSSR count). The van der Waals surface area contributed by atoms with Crippen molar-refractivity contribution in [2.75, 3.05) is 13.6 Å². The molecule has 66 valence electrons. The van der Waals surface area contributed by atoms with Gasteiger partial charge in [-0.15, -0.1) is 10.2 Å². The van der Waals surface area contributed by atoms with Crippen LogP contribution >= 0.6 is 23.2 Å². The lowest BCUT2D eigenvalue weighted by Gasteiger charge is -2.01. The second-order valence-electron chi connectivity index (χ2n) is 2.34. The Morgan fingerprint density at radius 1 is 1.42 bits per heavy atom. The molecule has 1 aromatic rings. The normalized spacial score (nSPS) is 10.2. The Morgan fingerprint density at radius 2 is 2.17 bits per heavy atom. The van der Waals surface area contributed by atoms with Crippen LogP contribution in [0.15, 0.2) is 6.07 Å². The van der Waals surface area contributed by atoms with Gasteiger partial charge in [0.05, 0.1) is 0 Å². The first kappa shape index (κ1) is 9.71. The van der Waals surface area contributed by atoms with Crippen LogP contribution in [0.25, 0.3) is 0 Å². The van der Waals surface area contributed by atoms with Crippen LogP contribution in [0.5, 0.6) is 0 Å². The van der Waals surface area contributed by atoms with E-state index in [1.54, 1.807) is 6.07 Å². The van der Waals surface area contributed by atoms with Crippen LogP contribution in [0.3, 0.4) is 0 Å². The summed E-state index contributed by atoms with van der Waals surface area (Å²) in [5.41, 5.74) is 0.922. The Hall–Kier alpha value is -0.380. The molecule has 0 saturated carbocycles. The lowest BCUT2D eigenvalue weighted by Crippen LogP contribution is -2.11. The van der Waals surface area contributed by atoms with Crippen LogP contribution < -0.4 is 5.32 Å². The summed E-state index contributed by atoms with van der Waals surface area (Å²) in [6.45, 7) is 0.849. The maximum atomic E-state index is 5.77. The largest absolute Gasteiger partial charge is 0.319 e. The summed E-state index contributed by atoms with van der Waals surface area (Å²) in [4.78, 5) is 0. The number of likely N-dealkylation sites (N-methyl/N-ethyl adjacent to an activating group) is 1. The van der Waals surface area contributed by atoms with Crippen LogP contribution in [-0.4, -0.2) is 23.8 Å². The quantitative estimate of drug-likeness (QED) is 0.815. The minimum absolute atomic E-state index is 0.380. The maximum Gasteiger partial charge on any atom is 0.155 e. The third-order valence-electron chi connectivity index (χ3n) is 1.44. The second-order valence-corrected chi connectivity index (χ2v) is 3.08. The highest BCUT2D eigenvalue weighted by atomic mass is 35.5. The highest BCUT2D eigenvalue weighted by Gasteiger charge is 2.02. The van der Waals surface area contributed by atoms with Gasteiger partial charge in [0.2, 0.25) is 0 Å². The van der Waals surface area contributed by atoms with Gasteiger partial charge in [-0.3, -0.25) is 0 Å². The number of halogens is 2. The molecular formula is C7H9Cl2N3. The molecule has 0 aliphatic heterocycles. The Bertz CT molecular complexity index is 265. The highest BCUT2D eigenvalue weighted by Crippen LogP contribution is 2.15. The summed E-state index contributed by atoms with van der Waals surface area (Å²) < 4.78 is 0. The van der Waals surface area contributed by atoms with Crippen LogP contribution in [0.4, 0.5) is 0 Å². The molecule has 0 fully saturated rings. The first-order valence-electron chi connectivity index (χ1n) is 3.56. The molecule has 1 aromatic heterocycles. The van der Waals surface area contributed by atoms with Crippen molar-refractivity contribution in [3.63, 3.8) is 0 Å². The molecule has 1 heterocycles. The summed E-state index contributed by atoms with van der Waals surface area (Å²) in [6.07, 6.45) is 0.810. The first-order valence-corrected chi connectivity index (χ1v) is 4.32. The average Bonchev–Trinajstić information content (AvgIpc) is 2.07. The minimum atomic E-state index is 0.380. The minimum Gasteiger partial charge on any atom is -0.319 e. The molecule has 0 unspecified atom stereocenters. The van der Waals surface area contributed by atoms with E-state index >= 15 is 0 Å². The van der Waals surface area contributed by atoms with E-state index in [1.807, 2.05) is 7.05 Å². The number of hydrogen-bond donors (Lipinski definition) is 1. The fourth-order valence-corrected chi connectivity index (χ4v) is 1.18. The molecule has 0 aliphatic rings. The summed E-state index contributed by atoms with van der Waals surface area (Å²) in [5.74, 6) is 0.